The van der Waals surface area contributed by atoms with Crippen LogP contribution in [0.5, 0.6) is 0 Å². The van der Waals surface area contributed by atoms with E-state index in [1.165, 1.54) is 0 Å². The lowest BCUT2D eigenvalue weighted by Crippen LogP contribution is -2.03. The van der Waals surface area contributed by atoms with E-state index in [0.29, 0.717) is 19.4 Å². The molecular formula is C8H12O2. The van der Waals surface area contributed by atoms with E-state index in [-0.39, 0.29) is 5.97 Å². The van der Waals surface area contributed by atoms with Gasteiger partial charge >= 0.3 is 5.97 Å². The Kier molecular flexibility index (Phi) is 5.56. The van der Waals surface area contributed by atoms with Gasteiger partial charge in [-0.05, 0) is 6.42 Å². The first kappa shape index (κ1) is 9.03. The lowest BCUT2D eigenvalue weighted by molar-refractivity contribution is -0.143. The topological polar surface area (TPSA) is 26.3 Å². The van der Waals surface area contributed by atoms with Crippen LogP contribution in [0.3, 0.4) is 0 Å². The Morgan fingerprint density at radius 3 is 2.90 bits per heavy atom. The molecule has 0 fully saturated rings. The highest BCUT2D eigenvalue weighted by atomic mass is 16.5. The zero-order valence-electron chi connectivity index (χ0n) is 6.22. The van der Waals surface area contributed by atoms with Gasteiger partial charge in [0.05, 0.1) is 6.61 Å². The highest BCUT2D eigenvalue weighted by Crippen LogP contribution is 1.90. The highest BCUT2D eigenvalue weighted by Gasteiger charge is 1.95. The minimum absolute atomic E-state index is 0.156. The van der Waals surface area contributed by atoms with Crippen LogP contribution in [0, 0.1) is 12.3 Å². The summed E-state index contributed by atoms with van der Waals surface area (Å²) in [5.74, 6) is 2.31. The Bertz CT molecular complexity index is 133. The zero-order valence-corrected chi connectivity index (χ0v) is 6.22. The van der Waals surface area contributed by atoms with Crippen molar-refractivity contribution in [1.82, 2.24) is 0 Å². The molecule has 0 aliphatic rings. The normalized spacial score (nSPS) is 8.40. The Hall–Kier alpha value is -0.970. The molecule has 0 amide bonds. The summed E-state index contributed by atoms with van der Waals surface area (Å²) in [6, 6.07) is 0. The molecule has 0 aliphatic heterocycles. The molecule has 0 unspecified atom stereocenters. The van der Waals surface area contributed by atoms with Gasteiger partial charge in [0.1, 0.15) is 0 Å². The van der Waals surface area contributed by atoms with Crippen molar-refractivity contribution in [2.75, 3.05) is 6.61 Å². The molecule has 0 spiro atoms. The van der Waals surface area contributed by atoms with Crippen molar-refractivity contribution in [3.05, 3.63) is 0 Å². The van der Waals surface area contributed by atoms with E-state index in [1.807, 2.05) is 0 Å². The van der Waals surface area contributed by atoms with E-state index in [9.17, 15) is 4.79 Å². The average Bonchev–Trinajstić information content (AvgIpc) is 1.98. The van der Waals surface area contributed by atoms with Crippen LogP contribution in [-0.4, -0.2) is 12.6 Å². The fraction of sp³-hybridized carbons (Fsp3) is 0.625. The molecule has 0 rings (SSSR count). The van der Waals surface area contributed by atoms with Gasteiger partial charge in [0, 0.05) is 12.8 Å². The summed E-state index contributed by atoms with van der Waals surface area (Å²) in [5.41, 5.74) is 0. The van der Waals surface area contributed by atoms with Gasteiger partial charge in [-0.25, -0.2) is 0 Å². The molecule has 2 nitrogen and oxygen atoms in total. The van der Waals surface area contributed by atoms with Crippen LogP contribution in [0.4, 0.5) is 0 Å². The molecular weight excluding hydrogens is 128 g/mol. The van der Waals surface area contributed by atoms with Gasteiger partial charge in [-0.1, -0.05) is 6.92 Å². The summed E-state index contributed by atoms with van der Waals surface area (Å²) >= 11 is 0. The van der Waals surface area contributed by atoms with Gasteiger partial charge in [0.15, 0.2) is 0 Å². The van der Waals surface area contributed by atoms with Crippen LogP contribution in [0.1, 0.15) is 26.2 Å². The Morgan fingerprint density at radius 2 is 2.40 bits per heavy atom. The Morgan fingerprint density at radius 1 is 1.70 bits per heavy atom. The lowest BCUT2D eigenvalue weighted by Gasteiger charge is -1.99. The Labute approximate surface area is 61.6 Å². The van der Waals surface area contributed by atoms with E-state index < -0.39 is 0 Å². The van der Waals surface area contributed by atoms with Crippen molar-refractivity contribution in [2.45, 2.75) is 26.2 Å². The van der Waals surface area contributed by atoms with Gasteiger partial charge in [-0.2, -0.15) is 0 Å². The predicted octanol–water partition coefficient (Wildman–Crippen LogP) is 1.35. The second-order valence-electron chi connectivity index (χ2n) is 1.88. The number of hydrogen-bond donors (Lipinski definition) is 0. The molecule has 0 atom stereocenters. The smallest absolute Gasteiger partial charge is 0.305 e. The van der Waals surface area contributed by atoms with Gasteiger partial charge in [0.25, 0.3) is 0 Å². The standard InChI is InChI=1S/C8H12O2/c1-3-5-6-7-10-8(9)4-2/h1H,4-7H2,2H3. The van der Waals surface area contributed by atoms with E-state index in [4.69, 9.17) is 11.2 Å². The van der Waals surface area contributed by atoms with Crippen LogP contribution >= 0.6 is 0 Å². The summed E-state index contributed by atoms with van der Waals surface area (Å²) in [7, 11) is 0. The summed E-state index contributed by atoms with van der Waals surface area (Å²) in [4.78, 5) is 10.5. The third-order valence-electron chi connectivity index (χ3n) is 1.02. The third-order valence-corrected chi connectivity index (χ3v) is 1.02. The molecule has 0 aliphatic carbocycles. The molecule has 0 radical (unpaired) electrons. The number of hydrogen-bond acceptors (Lipinski definition) is 2. The molecule has 56 valence electrons. The molecule has 0 aromatic heterocycles. The molecule has 0 bridgehead atoms. The minimum Gasteiger partial charge on any atom is -0.466 e. The molecule has 10 heavy (non-hydrogen) atoms. The number of carbonyl (C=O) groups is 1. The number of carbonyl (C=O) groups excluding carboxylic acids is 1. The van der Waals surface area contributed by atoms with Gasteiger partial charge in [-0.15, -0.1) is 12.3 Å². The maximum atomic E-state index is 10.5. The van der Waals surface area contributed by atoms with Crippen molar-refractivity contribution in [2.24, 2.45) is 0 Å². The fourth-order valence-electron chi connectivity index (χ4n) is 0.462. The first-order chi connectivity index (χ1) is 4.81. The maximum Gasteiger partial charge on any atom is 0.305 e. The summed E-state index contributed by atoms with van der Waals surface area (Å²) in [5, 5.41) is 0. The molecule has 0 aromatic rings. The Balaban J connectivity index is 3.05. The number of rotatable bonds is 4. The van der Waals surface area contributed by atoms with E-state index >= 15 is 0 Å². The molecule has 2 heteroatoms. The van der Waals surface area contributed by atoms with Crippen LogP contribution < -0.4 is 0 Å². The largest absolute Gasteiger partial charge is 0.466 e. The van der Waals surface area contributed by atoms with Crippen molar-refractivity contribution >= 4 is 5.97 Å². The van der Waals surface area contributed by atoms with Gasteiger partial charge < -0.3 is 4.74 Å². The highest BCUT2D eigenvalue weighted by molar-refractivity contribution is 5.68. The average molecular weight is 140 g/mol. The van der Waals surface area contributed by atoms with Gasteiger partial charge in [-0.3, -0.25) is 4.79 Å². The van der Waals surface area contributed by atoms with Crippen LogP contribution in [0.2, 0.25) is 0 Å². The van der Waals surface area contributed by atoms with Crippen LogP contribution in [0.15, 0.2) is 0 Å². The minimum atomic E-state index is -0.156. The SMILES string of the molecule is C#CCCCOC(=O)CC. The van der Waals surface area contributed by atoms with Crippen molar-refractivity contribution in [3.8, 4) is 12.3 Å². The van der Waals surface area contributed by atoms with E-state index in [1.54, 1.807) is 6.92 Å². The number of terminal acetylenes is 1. The second-order valence-corrected chi connectivity index (χ2v) is 1.88. The third kappa shape index (κ3) is 5.17. The molecule has 0 heterocycles. The number of ether oxygens (including phenoxy) is 1. The fourth-order valence-corrected chi connectivity index (χ4v) is 0.462. The van der Waals surface area contributed by atoms with Crippen LogP contribution in [0.25, 0.3) is 0 Å². The summed E-state index contributed by atoms with van der Waals surface area (Å²) in [6.45, 7) is 2.22. The van der Waals surface area contributed by atoms with Crippen LogP contribution in [-0.2, 0) is 9.53 Å². The monoisotopic (exact) mass is 140 g/mol. The van der Waals surface area contributed by atoms with Gasteiger partial charge in [0.2, 0.25) is 0 Å². The quantitative estimate of drug-likeness (QED) is 0.335. The molecule has 0 N–H and O–H groups in total. The van der Waals surface area contributed by atoms with Crippen molar-refractivity contribution in [3.63, 3.8) is 0 Å². The van der Waals surface area contributed by atoms with Crippen molar-refractivity contribution in [1.29, 1.82) is 0 Å². The summed E-state index contributed by atoms with van der Waals surface area (Å²) in [6.07, 6.45) is 6.87. The number of esters is 1. The zero-order chi connectivity index (χ0) is 7.82. The summed E-state index contributed by atoms with van der Waals surface area (Å²) < 4.78 is 4.76. The first-order valence-electron chi connectivity index (χ1n) is 3.40. The first-order valence-corrected chi connectivity index (χ1v) is 3.40. The molecule has 0 saturated heterocycles. The molecule has 0 saturated carbocycles. The second kappa shape index (κ2) is 6.15. The number of unbranched alkanes of at least 4 members (excludes halogenated alkanes) is 1. The van der Waals surface area contributed by atoms with E-state index in [2.05, 4.69) is 5.92 Å². The van der Waals surface area contributed by atoms with E-state index in [0.717, 1.165) is 6.42 Å². The maximum absolute atomic E-state index is 10.5. The predicted molar refractivity (Wildman–Crippen MR) is 39.3 cm³/mol. The van der Waals surface area contributed by atoms with Crippen molar-refractivity contribution < 1.29 is 9.53 Å². The molecule has 0 aromatic carbocycles. The lowest BCUT2D eigenvalue weighted by atomic mass is 10.3.